The van der Waals surface area contributed by atoms with E-state index in [0.29, 0.717) is 35.8 Å². The molecule has 8 heteroatoms. The maximum Gasteiger partial charge on any atom is 0.339 e. The van der Waals surface area contributed by atoms with Gasteiger partial charge in [-0.2, -0.15) is 0 Å². The predicted octanol–water partition coefficient (Wildman–Crippen LogP) is 5.93. The number of aryl methyl sites for hydroxylation is 2. The van der Waals surface area contributed by atoms with E-state index in [1.54, 1.807) is 0 Å². The van der Waals surface area contributed by atoms with Crippen LogP contribution >= 0.6 is 11.6 Å². The molecule has 198 valence electrons. The standard InChI is InChI=1S/C29H36ClN3O4/c1-17-19(3)33(16-15-32-14-8-9-22(32)34)27-23(17)25(20-10-12-21(30)13-11-20)24(18(2)31-27)26(28(35)36-7)37-29(4,5)6/h10-13,26H,8-9,14-16H2,1-7H3/t26-/m0/s1. The van der Waals surface area contributed by atoms with E-state index in [1.807, 2.05) is 56.9 Å². The fourth-order valence-corrected chi connectivity index (χ4v) is 5.28. The van der Waals surface area contributed by atoms with E-state index < -0.39 is 17.7 Å². The average molecular weight is 526 g/mol. The predicted molar refractivity (Wildman–Crippen MR) is 146 cm³/mol. The van der Waals surface area contributed by atoms with Crippen LogP contribution in [0.3, 0.4) is 0 Å². The summed E-state index contributed by atoms with van der Waals surface area (Å²) in [6.07, 6.45) is 0.569. The highest BCUT2D eigenvalue weighted by Crippen LogP contribution is 2.42. The highest BCUT2D eigenvalue weighted by molar-refractivity contribution is 6.30. The van der Waals surface area contributed by atoms with Crippen molar-refractivity contribution in [2.24, 2.45) is 0 Å². The van der Waals surface area contributed by atoms with Crippen molar-refractivity contribution < 1.29 is 19.1 Å². The summed E-state index contributed by atoms with van der Waals surface area (Å²) in [4.78, 5) is 32.3. The summed E-state index contributed by atoms with van der Waals surface area (Å²) < 4.78 is 13.7. The van der Waals surface area contributed by atoms with Crippen LogP contribution in [0, 0.1) is 20.8 Å². The zero-order valence-corrected chi connectivity index (χ0v) is 23.5. The Kier molecular flexibility index (Phi) is 7.67. The van der Waals surface area contributed by atoms with E-state index >= 15 is 0 Å². The SMILES string of the molecule is COC(=O)[C@@H](OC(C)(C)C)c1c(C)nc2c(c(C)c(C)n2CCN2CCCC2=O)c1-c1ccc(Cl)cc1. The Bertz CT molecular complexity index is 1340. The Morgan fingerprint density at radius 3 is 2.38 bits per heavy atom. The van der Waals surface area contributed by atoms with Crippen molar-refractivity contribution in [3.8, 4) is 11.1 Å². The Hall–Kier alpha value is -2.90. The van der Waals surface area contributed by atoms with E-state index in [0.717, 1.165) is 46.4 Å². The molecule has 1 aliphatic heterocycles. The molecular weight excluding hydrogens is 490 g/mol. The second kappa shape index (κ2) is 10.5. The summed E-state index contributed by atoms with van der Waals surface area (Å²) in [5.74, 6) is -0.268. The minimum Gasteiger partial charge on any atom is -0.467 e. The van der Waals surface area contributed by atoms with Crippen LogP contribution in [0.15, 0.2) is 24.3 Å². The number of carbonyl (C=O) groups excluding carboxylic acids is 2. The Morgan fingerprint density at radius 2 is 1.81 bits per heavy atom. The molecule has 3 heterocycles. The van der Waals surface area contributed by atoms with Crippen molar-refractivity contribution in [3.63, 3.8) is 0 Å². The van der Waals surface area contributed by atoms with Crippen molar-refractivity contribution in [1.29, 1.82) is 0 Å². The molecule has 1 atom stereocenters. The molecule has 1 saturated heterocycles. The first-order valence-electron chi connectivity index (χ1n) is 12.7. The number of hydrogen-bond acceptors (Lipinski definition) is 5. The van der Waals surface area contributed by atoms with Gasteiger partial charge in [0.1, 0.15) is 5.65 Å². The maximum atomic E-state index is 13.1. The number of benzene rings is 1. The van der Waals surface area contributed by atoms with Gasteiger partial charge in [0.25, 0.3) is 0 Å². The van der Waals surface area contributed by atoms with Crippen molar-refractivity contribution in [2.75, 3.05) is 20.2 Å². The molecule has 3 aromatic rings. The lowest BCUT2D eigenvalue weighted by atomic mass is 9.91. The van der Waals surface area contributed by atoms with E-state index in [9.17, 15) is 9.59 Å². The van der Waals surface area contributed by atoms with Gasteiger partial charge in [-0.05, 0) is 71.2 Å². The number of likely N-dealkylation sites (tertiary alicyclic amines) is 1. The number of hydrogen-bond donors (Lipinski definition) is 0. The van der Waals surface area contributed by atoms with Gasteiger partial charge < -0.3 is 18.9 Å². The normalized spacial score (nSPS) is 15.0. The van der Waals surface area contributed by atoms with E-state index in [-0.39, 0.29) is 5.91 Å². The number of rotatable bonds is 7. The highest BCUT2D eigenvalue weighted by Gasteiger charge is 2.34. The summed E-state index contributed by atoms with van der Waals surface area (Å²) in [5.41, 5.74) is 5.54. The van der Waals surface area contributed by atoms with Gasteiger partial charge in [-0.15, -0.1) is 0 Å². The molecule has 0 bridgehead atoms. The summed E-state index contributed by atoms with van der Waals surface area (Å²) in [5, 5.41) is 1.59. The molecule has 0 N–H and O–H groups in total. The Morgan fingerprint density at radius 1 is 1.14 bits per heavy atom. The van der Waals surface area contributed by atoms with Crippen LogP contribution in [-0.4, -0.2) is 52.1 Å². The number of amides is 1. The molecule has 4 rings (SSSR count). The summed E-state index contributed by atoms with van der Waals surface area (Å²) in [7, 11) is 1.37. The fourth-order valence-electron chi connectivity index (χ4n) is 5.15. The van der Waals surface area contributed by atoms with Crippen LogP contribution < -0.4 is 0 Å². The first-order valence-corrected chi connectivity index (χ1v) is 13.1. The van der Waals surface area contributed by atoms with Crippen molar-refractivity contribution in [2.45, 2.75) is 72.6 Å². The van der Waals surface area contributed by atoms with Crippen LogP contribution in [0.4, 0.5) is 0 Å². The van der Waals surface area contributed by atoms with Gasteiger partial charge in [-0.3, -0.25) is 4.79 Å². The summed E-state index contributed by atoms with van der Waals surface area (Å²) >= 11 is 6.24. The maximum absolute atomic E-state index is 13.1. The molecule has 0 spiro atoms. The molecule has 0 saturated carbocycles. The lowest BCUT2D eigenvalue weighted by molar-refractivity contribution is -0.164. The van der Waals surface area contributed by atoms with Crippen LogP contribution in [0.25, 0.3) is 22.2 Å². The third-order valence-electron chi connectivity index (χ3n) is 7.03. The van der Waals surface area contributed by atoms with E-state index in [4.69, 9.17) is 26.1 Å². The zero-order valence-electron chi connectivity index (χ0n) is 22.8. The minimum atomic E-state index is -0.960. The number of nitrogens with zero attached hydrogens (tertiary/aromatic N) is 3. The van der Waals surface area contributed by atoms with Crippen molar-refractivity contribution in [3.05, 3.63) is 51.8 Å². The molecule has 2 aromatic heterocycles. The van der Waals surface area contributed by atoms with Gasteiger partial charge >= 0.3 is 5.97 Å². The molecule has 7 nitrogen and oxygen atoms in total. The summed E-state index contributed by atoms with van der Waals surface area (Å²) in [6.45, 7) is 13.9. The monoisotopic (exact) mass is 525 g/mol. The molecular formula is C29H36ClN3O4. The second-order valence-corrected chi connectivity index (χ2v) is 11.1. The first kappa shape index (κ1) is 27.1. The molecule has 37 heavy (non-hydrogen) atoms. The average Bonchev–Trinajstić information content (AvgIpc) is 3.35. The number of ether oxygens (including phenoxy) is 2. The lowest BCUT2D eigenvalue weighted by Gasteiger charge is -2.29. The topological polar surface area (TPSA) is 73.7 Å². The van der Waals surface area contributed by atoms with Crippen LogP contribution in [-0.2, 0) is 25.6 Å². The number of esters is 1. The minimum absolute atomic E-state index is 0.208. The first-order chi connectivity index (χ1) is 17.4. The van der Waals surface area contributed by atoms with Gasteiger partial charge in [-0.1, -0.05) is 23.7 Å². The fraction of sp³-hybridized carbons (Fsp3) is 0.483. The van der Waals surface area contributed by atoms with Crippen LogP contribution in [0.1, 0.15) is 62.2 Å². The van der Waals surface area contributed by atoms with Crippen LogP contribution in [0.5, 0.6) is 0 Å². The van der Waals surface area contributed by atoms with E-state index in [2.05, 4.69) is 18.4 Å². The molecule has 0 unspecified atom stereocenters. The second-order valence-electron chi connectivity index (χ2n) is 10.7. The van der Waals surface area contributed by atoms with Gasteiger partial charge in [0.15, 0.2) is 6.10 Å². The molecule has 0 radical (unpaired) electrons. The summed E-state index contributed by atoms with van der Waals surface area (Å²) in [6, 6.07) is 7.61. The van der Waals surface area contributed by atoms with Gasteiger partial charge in [0.05, 0.1) is 12.7 Å². The number of carbonyl (C=O) groups is 2. The number of methoxy groups -OCH3 is 1. The van der Waals surface area contributed by atoms with Crippen molar-refractivity contribution >= 4 is 34.5 Å². The third-order valence-corrected chi connectivity index (χ3v) is 7.28. The number of aromatic nitrogens is 2. The molecule has 0 aliphatic carbocycles. The Balaban J connectivity index is 1.98. The quantitative estimate of drug-likeness (QED) is 0.357. The van der Waals surface area contributed by atoms with E-state index in [1.165, 1.54) is 7.11 Å². The molecule has 1 aliphatic rings. The van der Waals surface area contributed by atoms with Crippen LogP contribution in [0.2, 0.25) is 5.02 Å². The molecule has 1 fully saturated rings. The van der Waals surface area contributed by atoms with Gasteiger partial charge in [0.2, 0.25) is 5.91 Å². The molecule has 1 amide bonds. The highest BCUT2D eigenvalue weighted by atomic mass is 35.5. The molecule has 1 aromatic carbocycles. The number of pyridine rings is 1. The number of fused-ring (bicyclic) bond motifs is 1. The third kappa shape index (κ3) is 5.39. The Labute approximate surface area is 223 Å². The largest absolute Gasteiger partial charge is 0.467 e. The number of halogens is 1. The lowest BCUT2D eigenvalue weighted by Crippen LogP contribution is -2.29. The van der Waals surface area contributed by atoms with Gasteiger partial charge in [-0.25, -0.2) is 9.78 Å². The van der Waals surface area contributed by atoms with Gasteiger partial charge in [0, 0.05) is 59.0 Å². The zero-order chi connectivity index (χ0) is 27.1. The smallest absolute Gasteiger partial charge is 0.339 e. The van der Waals surface area contributed by atoms with Crippen molar-refractivity contribution in [1.82, 2.24) is 14.5 Å².